The van der Waals surface area contributed by atoms with Gasteiger partial charge in [0.2, 0.25) is 0 Å². The van der Waals surface area contributed by atoms with Gasteiger partial charge >= 0.3 is 0 Å². The highest BCUT2D eigenvalue weighted by Crippen LogP contribution is 2.19. The highest BCUT2D eigenvalue weighted by atomic mass is 127. The standard InChI is InChI=1S/C9H12BrN3S.HI/c1-13-3-2-11-9(13)12-5-8-4-7(10)6-14-8;/h4,6H,2-3,5H2,1H3,(H,11,12);1H. The van der Waals surface area contributed by atoms with Crippen LogP contribution in [0.25, 0.3) is 0 Å². The van der Waals surface area contributed by atoms with E-state index in [1.807, 2.05) is 0 Å². The van der Waals surface area contributed by atoms with Gasteiger partial charge in [-0.1, -0.05) is 0 Å². The topological polar surface area (TPSA) is 27.6 Å². The van der Waals surface area contributed by atoms with Gasteiger partial charge in [-0.2, -0.15) is 0 Å². The molecule has 0 saturated carbocycles. The first-order valence-electron chi connectivity index (χ1n) is 4.48. The molecular weight excluding hydrogens is 389 g/mol. The molecule has 0 aliphatic carbocycles. The molecule has 0 radical (unpaired) electrons. The second-order valence-electron chi connectivity index (χ2n) is 3.21. The zero-order chi connectivity index (χ0) is 9.97. The zero-order valence-corrected chi connectivity index (χ0v) is 13.1. The molecule has 15 heavy (non-hydrogen) atoms. The molecule has 0 unspecified atom stereocenters. The Morgan fingerprint density at radius 3 is 3.00 bits per heavy atom. The first-order chi connectivity index (χ1) is 6.75. The second kappa shape index (κ2) is 6.05. The summed E-state index contributed by atoms with van der Waals surface area (Å²) >= 11 is 5.19. The van der Waals surface area contributed by atoms with Crippen LogP contribution in [0.2, 0.25) is 0 Å². The van der Waals surface area contributed by atoms with Crippen molar-refractivity contribution >= 4 is 57.2 Å². The van der Waals surface area contributed by atoms with E-state index in [1.54, 1.807) is 11.3 Å². The molecule has 2 heterocycles. The van der Waals surface area contributed by atoms with Gasteiger partial charge in [0.25, 0.3) is 0 Å². The molecule has 0 amide bonds. The van der Waals surface area contributed by atoms with E-state index in [0.29, 0.717) is 0 Å². The minimum atomic E-state index is 0. The third kappa shape index (κ3) is 3.60. The van der Waals surface area contributed by atoms with Crippen molar-refractivity contribution in [2.45, 2.75) is 6.54 Å². The Bertz CT molecular complexity index is 353. The molecule has 1 N–H and O–H groups in total. The Morgan fingerprint density at radius 2 is 2.47 bits per heavy atom. The van der Waals surface area contributed by atoms with E-state index in [4.69, 9.17) is 0 Å². The van der Waals surface area contributed by atoms with Crippen LogP contribution in [0.1, 0.15) is 4.88 Å². The van der Waals surface area contributed by atoms with Crippen molar-refractivity contribution < 1.29 is 0 Å². The summed E-state index contributed by atoms with van der Waals surface area (Å²) in [5.41, 5.74) is 0. The molecule has 0 spiro atoms. The molecule has 1 aromatic rings. The maximum Gasteiger partial charge on any atom is 0.194 e. The highest BCUT2D eigenvalue weighted by molar-refractivity contribution is 14.0. The van der Waals surface area contributed by atoms with E-state index in [1.165, 1.54) is 4.88 Å². The van der Waals surface area contributed by atoms with Crippen LogP contribution in [-0.2, 0) is 6.54 Å². The second-order valence-corrected chi connectivity index (χ2v) is 5.12. The minimum Gasteiger partial charge on any atom is -0.351 e. The van der Waals surface area contributed by atoms with Crippen LogP contribution in [0.3, 0.4) is 0 Å². The van der Waals surface area contributed by atoms with Crippen molar-refractivity contribution in [3.05, 3.63) is 20.8 Å². The maximum absolute atomic E-state index is 4.36. The van der Waals surface area contributed by atoms with Crippen molar-refractivity contribution in [1.29, 1.82) is 0 Å². The summed E-state index contributed by atoms with van der Waals surface area (Å²) in [5, 5.41) is 5.42. The number of thiophene rings is 1. The summed E-state index contributed by atoms with van der Waals surface area (Å²) in [6.07, 6.45) is 0. The molecule has 0 aromatic carbocycles. The minimum absolute atomic E-state index is 0. The number of likely N-dealkylation sites (N-methyl/N-ethyl adjacent to an activating group) is 1. The third-order valence-electron chi connectivity index (χ3n) is 2.10. The smallest absolute Gasteiger partial charge is 0.194 e. The van der Waals surface area contributed by atoms with E-state index >= 15 is 0 Å². The van der Waals surface area contributed by atoms with Gasteiger partial charge in [0.05, 0.1) is 13.1 Å². The molecule has 0 fully saturated rings. The number of hydrogen-bond donors (Lipinski definition) is 1. The summed E-state index contributed by atoms with van der Waals surface area (Å²) in [5.74, 6) is 1.01. The van der Waals surface area contributed by atoms with E-state index in [-0.39, 0.29) is 24.0 Å². The SMILES string of the molecule is CN1CCN=C1NCc1cc(Br)cs1.I. The van der Waals surface area contributed by atoms with Crippen molar-refractivity contribution in [3.63, 3.8) is 0 Å². The summed E-state index contributed by atoms with van der Waals surface area (Å²) in [4.78, 5) is 7.82. The quantitative estimate of drug-likeness (QED) is 0.771. The zero-order valence-electron chi connectivity index (χ0n) is 8.36. The van der Waals surface area contributed by atoms with E-state index in [0.717, 1.165) is 30.1 Å². The van der Waals surface area contributed by atoms with Crippen LogP contribution >= 0.6 is 51.2 Å². The van der Waals surface area contributed by atoms with Crippen LogP contribution in [0.5, 0.6) is 0 Å². The fourth-order valence-corrected chi connectivity index (χ4v) is 2.73. The Kier molecular flexibility index (Phi) is 5.34. The maximum atomic E-state index is 4.36. The van der Waals surface area contributed by atoms with Crippen molar-refractivity contribution in [3.8, 4) is 0 Å². The third-order valence-corrected chi connectivity index (χ3v) is 3.80. The lowest BCUT2D eigenvalue weighted by molar-refractivity contribution is 0.534. The Labute approximate surface area is 119 Å². The lowest BCUT2D eigenvalue weighted by atomic mass is 10.5. The molecule has 0 atom stereocenters. The number of aliphatic imine (C=N–C) groups is 1. The number of rotatable bonds is 2. The predicted molar refractivity (Wildman–Crippen MR) is 79.2 cm³/mol. The average Bonchev–Trinajstić information content (AvgIpc) is 2.72. The highest BCUT2D eigenvalue weighted by Gasteiger charge is 2.11. The van der Waals surface area contributed by atoms with Gasteiger partial charge < -0.3 is 10.2 Å². The Hall–Kier alpha value is 0.180. The lowest BCUT2D eigenvalue weighted by Gasteiger charge is -2.14. The number of halogens is 2. The number of nitrogens with zero attached hydrogens (tertiary/aromatic N) is 2. The van der Waals surface area contributed by atoms with Crippen LogP contribution in [-0.4, -0.2) is 31.0 Å². The molecule has 1 aliphatic heterocycles. The van der Waals surface area contributed by atoms with Gasteiger partial charge in [0.1, 0.15) is 0 Å². The largest absolute Gasteiger partial charge is 0.351 e. The molecule has 6 heteroatoms. The lowest BCUT2D eigenvalue weighted by Crippen LogP contribution is -2.34. The molecule has 84 valence electrons. The van der Waals surface area contributed by atoms with Crippen molar-refractivity contribution in [2.75, 3.05) is 20.1 Å². The Morgan fingerprint density at radius 1 is 1.67 bits per heavy atom. The van der Waals surface area contributed by atoms with Gasteiger partial charge in [0, 0.05) is 28.3 Å². The number of guanidine groups is 1. The normalized spacial score (nSPS) is 14.8. The van der Waals surface area contributed by atoms with E-state index in [2.05, 4.69) is 49.6 Å². The van der Waals surface area contributed by atoms with Crippen LogP contribution in [0.15, 0.2) is 20.9 Å². The fourth-order valence-electron chi connectivity index (χ4n) is 1.34. The predicted octanol–water partition coefficient (Wildman–Crippen LogP) is 2.52. The molecule has 1 aliphatic rings. The number of nitrogens with one attached hydrogen (secondary N) is 1. The average molecular weight is 402 g/mol. The monoisotopic (exact) mass is 401 g/mol. The first kappa shape index (κ1) is 13.2. The molecule has 0 bridgehead atoms. The van der Waals surface area contributed by atoms with E-state index < -0.39 is 0 Å². The molecule has 3 nitrogen and oxygen atoms in total. The van der Waals surface area contributed by atoms with Crippen LogP contribution < -0.4 is 5.32 Å². The first-order valence-corrected chi connectivity index (χ1v) is 6.15. The van der Waals surface area contributed by atoms with Gasteiger partial charge in [-0.3, -0.25) is 4.99 Å². The molecule has 0 saturated heterocycles. The van der Waals surface area contributed by atoms with Crippen molar-refractivity contribution in [2.24, 2.45) is 4.99 Å². The number of hydrogen-bond acceptors (Lipinski definition) is 4. The van der Waals surface area contributed by atoms with Gasteiger partial charge in [-0.25, -0.2) is 0 Å². The molecule has 1 aromatic heterocycles. The summed E-state index contributed by atoms with van der Waals surface area (Å²) < 4.78 is 1.15. The van der Waals surface area contributed by atoms with Crippen molar-refractivity contribution in [1.82, 2.24) is 10.2 Å². The summed E-state index contributed by atoms with van der Waals surface area (Å²) in [6.45, 7) is 2.79. The molecular formula is C9H13BrIN3S. The Balaban J connectivity index is 0.00000112. The van der Waals surface area contributed by atoms with Crippen LogP contribution in [0, 0.1) is 0 Å². The fraction of sp³-hybridized carbons (Fsp3) is 0.444. The van der Waals surface area contributed by atoms with Gasteiger partial charge in [0.15, 0.2) is 5.96 Å². The molecule has 2 rings (SSSR count). The summed E-state index contributed by atoms with van der Waals surface area (Å²) in [7, 11) is 2.06. The summed E-state index contributed by atoms with van der Waals surface area (Å²) in [6, 6.07) is 2.13. The van der Waals surface area contributed by atoms with Crippen LogP contribution in [0.4, 0.5) is 0 Å². The van der Waals surface area contributed by atoms with Gasteiger partial charge in [-0.05, 0) is 22.0 Å². The van der Waals surface area contributed by atoms with E-state index in [9.17, 15) is 0 Å². The van der Waals surface area contributed by atoms with Gasteiger partial charge in [-0.15, -0.1) is 35.3 Å².